The molecular formula is C22H23Br2NO4. The van der Waals surface area contributed by atoms with E-state index >= 15 is 0 Å². The van der Waals surface area contributed by atoms with Gasteiger partial charge in [-0.1, -0.05) is 12.1 Å². The number of aryl methyl sites for hydroxylation is 1. The van der Waals surface area contributed by atoms with Crippen molar-refractivity contribution in [1.29, 1.82) is 0 Å². The van der Waals surface area contributed by atoms with Crippen molar-refractivity contribution in [3.8, 4) is 5.75 Å². The van der Waals surface area contributed by atoms with Crippen LogP contribution in [0.3, 0.4) is 0 Å². The first-order valence-corrected chi connectivity index (χ1v) is 11.1. The van der Waals surface area contributed by atoms with E-state index in [1.165, 1.54) is 0 Å². The van der Waals surface area contributed by atoms with Gasteiger partial charge in [0.1, 0.15) is 12.4 Å². The second-order valence-electron chi connectivity index (χ2n) is 7.06. The highest BCUT2D eigenvalue weighted by atomic mass is 79.9. The normalized spacial score (nSPS) is 13.8. The van der Waals surface area contributed by atoms with E-state index in [9.17, 15) is 9.59 Å². The zero-order valence-electron chi connectivity index (χ0n) is 16.2. The van der Waals surface area contributed by atoms with Gasteiger partial charge in [-0.05, 0) is 93.4 Å². The molecule has 0 atom stereocenters. The number of halogens is 2. The number of carbonyl (C=O) groups excluding carboxylic acids is 2. The van der Waals surface area contributed by atoms with Crippen LogP contribution < -0.4 is 4.74 Å². The number of carbonyl (C=O) groups is 2. The maximum atomic E-state index is 12.2. The van der Waals surface area contributed by atoms with Crippen LogP contribution in [0.15, 0.2) is 45.3 Å². The lowest BCUT2D eigenvalue weighted by atomic mass is 10.1. The molecule has 0 N–H and O–H groups in total. The standard InChI is InChI=1S/C22H23Br2NO4/c1-15-11-18(23)21(19(24)12-15)28-13-16-5-7-17(8-6-16)22(27)29-14-20(26)25-9-3-2-4-10-25/h5-8,11-12H,2-4,9-10,13-14H2,1H3. The van der Waals surface area contributed by atoms with Gasteiger partial charge >= 0.3 is 5.97 Å². The number of likely N-dealkylation sites (tertiary alicyclic amines) is 1. The Bertz CT molecular complexity index is 854. The summed E-state index contributed by atoms with van der Waals surface area (Å²) in [7, 11) is 0. The first kappa shape index (κ1) is 21.8. The molecule has 1 amide bonds. The molecule has 0 aliphatic carbocycles. The molecule has 0 bridgehead atoms. The second kappa shape index (κ2) is 10.3. The van der Waals surface area contributed by atoms with E-state index in [1.54, 1.807) is 17.0 Å². The van der Waals surface area contributed by atoms with E-state index in [-0.39, 0.29) is 12.5 Å². The fourth-order valence-corrected chi connectivity index (χ4v) is 4.81. The third-order valence-electron chi connectivity index (χ3n) is 4.75. The van der Waals surface area contributed by atoms with E-state index in [2.05, 4.69) is 31.9 Å². The van der Waals surface area contributed by atoms with E-state index in [0.29, 0.717) is 12.2 Å². The SMILES string of the molecule is Cc1cc(Br)c(OCc2ccc(C(=O)OCC(=O)N3CCCCC3)cc2)c(Br)c1. The van der Waals surface area contributed by atoms with Crippen LogP contribution in [-0.4, -0.2) is 36.5 Å². The highest BCUT2D eigenvalue weighted by Gasteiger charge is 2.18. The van der Waals surface area contributed by atoms with E-state index in [4.69, 9.17) is 9.47 Å². The largest absolute Gasteiger partial charge is 0.487 e. The van der Waals surface area contributed by atoms with Gasteiger partial charge in [-0.2, -0.15) is 0 Å². The minimum Gasteiger partial charge on any atom is -0.487 e. The van der Waals surface area contributed by atoms with E-state index < -0.39 is 5.97 Å². The summed E-state index contributed by atoms with van der Waals surface area (Å²) in [5.74, 6) is 0.111. The number of piperidine rings is 1. The fourth-order valence-electron chi connectivity index (χ4n) is 3.16. The van der Waals surface area contributed by atoms with Crippen LogP contribution >= 0.6 is 31.9 Å². The quantitative estimate of drug-likeness (QED) is 0.483. The predicted octanol–water partition coefficient (Wildman–Crippen LogP) is 5.27. The number of hydrogen-bond donors (Lipinski definition) is 0. The number of nitrogens with zero attached hydrogens (tertiary/aromatic N) is 1. The molecule has 154 valence electrons. The first-order chi connectivity index (χ1) is 13.9. The highest BCUT2D eigenvalue weighted by Crippen LogP contribution is 2.35. The molecular weight excluding hydrogens is 502 g/mol. The Balaban J connectivity index is 1.51. The van der Waals surface area contributed by atoms with Crippen molar-refractivity contribution >= 4 is 43.7 Å². The average Bonchev–Trinajstić information content (AvgIpc) is 2.72. The van der Waals surface area contributed by atoms with Crippen LogP contribution in [0.25, 0.3) is 0 Å². The Morgan fingerprint density at radius 3 is 2.24 bits per heavy atom. The van der Waals surface area contributed by atoms with Crippen molar-refractivity contribution in [3.05, 3.63) is 62.0 Å². The van der Waals surface area contributed by atoms with Crippen molar-refractivity contribution in [2.75, 3.05) is 19.7 Å². The zero-order chi connectivity index (χ0) is 20.8. The van der Waals surface area contributed by atoms with Crippen molar-refractivity contribution < 1.29 is 19.1 Å². The summed E-state index contributed by atoms with van der Waals surface area (Å²) >= 11 is 7.03. The summed E-state index contributed by atoms with van der Waals surface area (Å²) in [5.41, 5.74) is 2.46. The predicted molar refractivity (Wildman–Crippen MR) is 118 cm³/mol. The smallest absolute Gasteiger partial charge is 0.338 e. The third-order valence-corrected chi connectivity index (χ3v) is 5.93. The van der Waals surface area contributed by atoms with Crippen molar-refractivity contribution in [3.63, 3.8) is 0 Å². The molecule has 0 radical (unpaired) electrons. The number of rotatable bonds is 6. The van der Waals surface area contributed by atoms with Gasteiger partial charge in [-0.15, -0.1) is 0 Å². The van der Waals surface area contributed by atoms with Crippen LogP contribution in [0.2, 0.25) is 0 Å². The second-order valence-corrected chi connectivity index (χ2v) is 8.77. The number of hydrogen-bond acceptors (Lipinski definition) is 4. The highest BCUT2D eigenvalue weighted by molar-refractivity contribution is 9.11. The average molecular weight is 525 g/mol. The van der Waals surface area contributed by atoms with Gasteiger partial charge in [0.25, 0.3) is 5.91 Å². The Morgan fingerprint density at radius 2 is 1.62 bits per heavy atom. The monoisotopic (exact) mass is 523 g/mol. The molecule has 2 aromatic carbocycles. The molecule has 7 heteroatoms. The lowest BCUT2D eigenvalue weighted by Gasteiger charge is -2.26. The molecule has 3 rings (SSSR count). The molecule has 1 heterocycles. The number of ether oxygens (including phenoxy) is 2. The molecule has 5 nitrogen and oxygen atoms in total. The van der Waals surface area contributed by atoms with Gasteiger partial charge < -0.3 is 14.4 Å². The molecule has 1 aliphatic rings. The Kier molecular flexibility index (Phi) is 7.72. The molecule has 1 aliphatic heterocycles. The minimum absolute atomic E-state index is 0.127. The summed E-state index contributed by atoms with van der Waals surface area (Å²) in [6.45, 7) is 3.66. The van der Waals surface area contributed by atoms with Gasteiger partial charge in [0.2, 0.25) is 0 Å². The lowest BCUT2D eigenvalue weighted by Crippen LogP contribution is -2.38. The molecule has 0 spiro atoms. The maximum absolute atomic E-state index is 12.2. The lowest BCUT2D eigenvalue weighted by molar-refractivity contribution is -0.135. The van der Waals surface area contributed by atoms with Gasteiger partial charge in [-0.25, -0.2) is 4.79 Å². The van der Waals surface area contributed by atoms with Gasteiger partial charge in [0.15, 0.2) is 6.61 Å². The van der Waals surface area contributed by atoms with E-state index in [0.717, 1.165) is 58.2 Å². The molecule has 29 heavy (non-hydrogen) atoms. The summed E-state index contributed by atoms with van der Waals surface area (Å²) in [4.78, 5) is 26.1. The third kappa shape index (κ3) is 6.06. The molecule has 1 fully saturated rings. The maximum Gasteiger partial charge on any atom is 0.338 e. The number of amides is 1. The summed E-state index contributed by atoms with van der Waals surface area (Å²) in [5, 5.41) is 0. The Morgan fingerprint density at radius 1 is 1.00 bits per heavy atom. The van der Waals surface area contributed by atoms with Gasteiger partial charge in [-0.3, -0.25) is 4.79 Å². The molecule has 1 saturated heterocycles. The van der Waals surface area contributed by atoms with Crippen LogP contribution in [0.4, 0.5) is 0 Å². The Hall–Kier alpha value is -1.86. The molecule has 2 aromatic rings. The van der Waals surface area contributed by atoms with Crippen LogP contribution in [0.1, 0.15) is 40.7 Å². The summed E-state index contributed by atoms with van der Waals surface area (Å²) < 4.78 is 12.8. The first-order valence-electron chi connectivity index (χ1n) is 9.56. The molecule has 0 aromatic heterocycles. The molecule has 0 saturated carbocycles. The van der Waals surface area contributed by atoms with Gasteiger partial charge in [0.05, 0.1) is 14.5 Å². The van der Waals surface area contributed by atoms with Crippen LogP contribution in [0, 0.1) is 6.92 Å². The fraction of sp³-hybridized carbons (Fsp3) is 0.364. The topological polar surface area (TPSA) is 55.8 Å². The van der Waals surface area contributed by atoms with Crippen molar-refractivity contribution in [2.45, 2.75) is 32.8 Å². The van der Waals surface area contributed by atoms with Crippen LogP contribution in [0.5, 0.6) is 5.75 Å². The minimum atomic E-state index is -0.494. The zero-order valence-corrected chi connectivity index (χ0v) is 19.4. The number of benzene rings is 2. The summed E-state index contributed by atoms with van der Waals surface area (Å²) in [6.07, 6.45) is 3.18. The van der Waals surface area contributed by atoms with Gasteiger partial charge in [0, 0.05) is 13.1 Å². The number of esters is 1. The van der Waals surface area contributed by atoms with Crippen molar-refractivity contribution in [2.24, 2.45) is 0 Å². The van der Waals surface area contributed by atoms with E-state index in [1.807, 2.05) is 31.2 Å². The Labute approximate surface area is 187 Å². The van der Waals surface area contributed by atoms with Crippen molar-refractivity contribution in [1.82, 2.24) is 4.90 Å². The van der Waals surface area contributed by atoms with Crippen LogP contribution in [-0.2, 0) is 16.1 Å². The summed E-state index contributed by atoms with van der Waals surface area (Å²) in [6, 6.07) is 11.0. The molecule has 0 unspecified atom stereocenters.